The number of methoxy groups -OCH3 is 1. The topological polar surface area (TPSA) is 72.1 Å². The predicted octanol–water partition coefficient (Wildman–Crippen LogP) is 3.57. The number of rotatable bonds is 4. The second-order valence-corrected chi connectivity index (χ2v) is 6.86. The molecule has 2 aliphatic heterocycles. The Hall–Kier alpha value is -3.03. The van der Waals surface area contributed by atoms with E-state index in [-0.39, 0.29) is 5.60 Å². The van der Waals surface area contributed by atoms with E-state index in [1.807, 2.05) is 36.4 Å². The van der Waals surface area contributed by atoms with Crippen LogP contribution in [0, 0.1) is 0 Å². The van der Waals surface area contributed by atoms with E-state index in [0.29, 0.717) is 24.5 Å². The van der Waals surface area contributed by atoms with Gasteiger partial charge in [0.05, 0.1) is 12.8 Å². The lowest BCUT2D eigenvalue weighted by Gasteiger charge is -2.35. The molecule has 0 atom stereocenters. The van der Waals surface area contributed by atoms with E-state index in [9.17, 15) is 4.79 Å². The number of benzene rings is 2. The molecule has 2 aromatic rings. The molecule has 2 N–H and O–H groups in total. The molecule has 2 aliphatic rings. The van der Waals surface area contributed by atoms with Crippen molar-refractivity contribution < 1.29 is 19.2 Å². The van der Waals surface area contributed by atoms with Crippen molar-refractivity contribution in [2.75, 3.05) is 25.5 Å². The summed E-state index contributed by atoms with van der Waals surface area (Å²) in [6, 6.07) is 17.2. The van der Waals surface area contributed by atoms with Crippen molar-refractivity contribution in [2.45, 2.75) is 18.4 Å². The summed E-state index contributed by atoms with van der Waals surface area (Å²) in [5, 5.41) is 4.38. The number of hydrogen-bond acceptors (Lipinski definition) is 6. The minimum absolute atomic E-state index is 0.367. The first-order valence-corrected chi connectivity index (χ1v) is 9.26. The number of carbonyl (C=O) groups is 1. The Bertz CT molecular complexity index is 861. The number of hydroxylamine groups is 3. The van der Waals surface area contributed by atoms with Gasteiger partial charge in [0, 0.05) is 24.8 Å². The van der Waals surface area contributed by atoms with Crippen LogP contribution >= 0.6 is 0 Å². The molecule has 2 heterocycles. The molecule has 0 bridgehead atoms. The van der Waals surface area contributed by atoms with Crippen molar-refractivity contribution in [3.63, 3.8) is 0 Å². The van der Waals surface area contributed by atoms with E-state index < -0.39 is 6.09 Å². The van der Waals surface area contributed by atoms with Crippen LogP contribution in [0.5, 0.6) is 5.75 Å². The number of amides is 1. The lowest BCUT2D eigenvalue weighted by Crippen LogP contribution is -2.45. The van der Waals surface area contributed by atoms with Gasteiger partial charge in [0.25, 0.3) is 0 Å². The van der Waals surface area contributed by atoms with Crippen molar-refractivity contribution in [2.24, 2.45) is 0 Å². The Morgan fingerprint density at radius 1 is 1.14 bits per heavy atom. The van der Waals surface area contributed by atoms with Crippen LogP contribution < -0.4 is 15.5 Å². The van der Waals surface area contributed by atoms with Gasteiger partial charge < -0.3 is 9.57 Å². The molecule has 0 radical (unpaired) electrons. The first-order chi connectivity index (χ1) is 13.7. The molecule has 0 aliphatic carbocycles. The van der Waals surface area contributed by atoms with Crippen LogP contribution in [-0.4, -0.2) is 37.0 Å². The zero-order valence-electron chi connectivity index (χ0n) is 15.7. The van der Waals surface area contributed by atoms with Gasteiger partial charge in [-0.15, -0.1) is 5.06 Å². The maximum atomic E-state index is 12.2. The Balaban J connectivity index is 1.31. The molecule has 7 heteroatoms. The van der Waals surface area contributed by atoms with Gasteiger partial charge >= 0.3 is 6.09 Å². The fourth-order valence-corrected chi connectivity index (χ4v) is 3.40. The van der Waals surface area contributed by atoms with E-state index in [0.717, 1.165) is 24.1 Å². The lowest BCUT2D eigenvalue weighted by atomic mass is 9.91. The largest absolute Gasteiger partial charge is 0.497 e. The third kappa shape index (κ3) is 4.11. The Labute approximate surface area is 163 Å². The van der Waals surface area contributed by atoms with Crippen molar-refractivity contribution in [1.29, 1.82) is 0 Å². The maximum Gasteiger partial charge on any atom is 0.430 e. The van der Waals surface area contributed by atoms with Crippen LogP contribution in [0.25, 0.3) is 5.70 Å². The predicted molar refractivity (Wildman–Crippen MR) is 105 cm³/mol. The smallest absolute Gasteiger partial charge is 0.430 e. The number of nitrogens with one attached hydrogen (secondary N) is 2. The zero-order chi connectivity index (χ0) is 19.4. The molecule has 28 heavy (non-hydrogen) atoms. The Morgan fingerprint density at radius 3 is 2.68 bits per heavy atom. The highest BCUT2D eigenvalue weighted by Gasteiger charge is 2.39. The molecular weight excluding hydrogens is 358 g/mol. The number of ether oxygens (including phenoxy) is 1. The minimum atomic E-state index is -0.518. The third-order valence-electron chi connectivity index (χ3n) is 4.95. The lowest BCUT2D eigenvalue weighted by molar-refractivity contribution is -0.153. The second-order valence-electron chi connectivity index (χ2n) is 6.86. The highest BCUT2D eigenvalue weighted by Crippen LogP contribution is 2.34. The van der Waals surface area contributed by atoms with E-state index in [4.69, 9.17) is 14.4 Å². The monoisotopic (exact) mass is 381 g/mol. The van der Waals surface area contributed by atoms with E-state index in [1.54, 1.807) is 30.4 Å². The Morgan fingerprint density at radius 2 is 1.93 bits per heavy atom. The average Bonchev–Trinajstić information content (AvgIpc) is 3.14. The molecule has 1 spiro atoms. The SMILES string of the molecule is COc1cccc(NC(=O)ON2CCC3(C=C(c4ccccc4)NO3)CC2)c1. The van der Waals surface area contributed by atoms with Gasteiger partial charge in [-0.1, -0.05) is 36.4 Å². The van der Waals surface area contributed by atoms with Gasteiger partial charge in [-0.3, -0.25) is 15.6 Å². The van der Waals surface area contributed by atoms with Crippen LogP contribution in [0.3, 0.4) is 0 Å². The van der Waals surface area contributed by atoms with E-state index >= 15 is 0 Å². The fourth-order valence-electron chi connectivity index (χ4n) is 3.40. The molecular formula is C21H23N3O4. The van der Waals surface area contributed by atoms with Crippen LogP contribution in [0.2, 0.25) is 0 Å². The summed E-state index contributed by atoms with van der Waals surface area (Å²) in [7, 11) is 1.58. The van der Waals surface area contributed by atoms with Crippen molar-refractivity contribution in [1.82, 2.24) is 10.5 Å². The number of hydrogen-bond donors (Lipinski definition) is 2. The number of nitrogens with zero attached hydrogens (tertiary/aromatic N) is 1. The maximum absolute atomic E-state index is 12.2. The summed E-state index contributed by atoms with van der Waals surface area (Å²) in [6.45, 7) is 1.18. The van der Waals surface area contributed by atoms with Gasteiger partial charge in [0.2, 0.25) is 0 Å². The van der Waals surface area contributed by atoms with Crippen molar-refractivity contribution >= 4 is 17.5 Å². The van der Waals surface area contributed by atoms with Crippen LogP contribution in [-0.2, 0) is 9.68 Å². The van der Waals surface area contributed by atoms with Gasteiger partial charge in [-0.25, -0.2) is 4.79 Å². The summed E-state index contributed by atoms with van der Waals surface area (Å²) in [4.78, 5) is 23.5. The first-order valence-electron chi connectivity index (χ1n) is 9.26. The minimum Gasteiger partial charge on any atom is -0.497 e. The molecule has 4 rings (SSSR count). The summed E-state index contributed by atoms with van der Waals surface area (Å²) < 4.78 is 5.15. The quantitative estimate of drug-likeness (QED) is 0.844. The van der Waals surface area contributed by atoms with Gasteiger partial charge in [0.15, 0.2) is 0 Å². The van der Waals surface area contributed by atoms with Gasteiger partial charge in [-0.2, -0.15) is 0 Å². The van der Waals surface area contributed by atoms with Gasteiger partial charge in [-0.05, 0) is 36.6 Å². The van der Waals surface area contributed by atoms with E-state index in [2.05, 4.69) is 16.9 Å². The zero-order valence-corrected chi connectivity index (χ0v) is 15.7. The summed E-state index contributed by atoms with van der Waals surface area (Å²) in [6.07, 6.45) is 3.07. The second kappa shape index (κ2) is 7.92. The van der Waals surface area contributed by atoms with E-state index in [1.165, 1.54) is 0 Å². The highest BCUT2D eigenvalue weighted by atomic mass is 16.7. The molecule has 0 unspecified atom stereocenters. The Kier molecular flexibility index (Phi) is 5.18. The van der Waals surface area contributed by atoms with Gasteiger partial charge in [0.1, 0.15) is 11.4 Å². The van der Waals surface area contributed by atoms with Crippen molar-refractivity contribution in [3.8, 4) is 5.75 Å². The molecule has 2 aromatic carbocycles. The number of anilines is 1. The fraction of sp³-hybridized carbons (Fsp3) is 0.286. The molecule has 0 saturated carbocycles. The summed E-state index contributed by atoms with van der Waals surface area (Å²) in [5.41, 5.74) is 5.37. The standard InChI is InChI=1S/C21H23N3O4/c1-26-18-9-5-8-17(14-18)22-20(25)27-24-12-10-21(11-13-24)15-19(23-28-21)16-6-3-2-4-7-16/h2-9,14-15,23H,10-13H2,1H3,(H,22,25). The molecule has 1 amide bonds. The number of piperidine rings is 1. The number of carbonyl (C=O) groups excluding carboxylic acids is 1. The molecule has 1 saturated heterocycles. The molecule has 1 fully saturated rings. The van der Waals surface area contributed by atoms with Crippen LogP contribution in [0.4, 0.5) is 10.5 Å². The first kappa shape index (κ1) is 18.3. The highest BCUT2D eigenvalue weighted by molar-refractivity contribution is 5.84. The third-order valence-corrected chi connectivity index (χ3v) is 4.95. The molecule has 146 valence electrons. The van der Waals surface area contributed by atoms with Crippen molar-refractivity contribution in [3.05, 3.63) is 66.2 Å². The van der Waals surface area contributed by atoms with Crippen LogP contribution in [0.1, 0.15) is 18.4 Å². The summed E-state index contributed by atoms with van der Waals surface area (Å²) in [5.74, 6) is 0.671. The molecule has 0 aromatic heterocycles. The summed E-state index contributed by atoms with van der Waals surface area (Å²) >= 11 is 0. The average molecular weight is 381 g/mol. The van der Waals surface area contributed by atoms with Crippen LogP contribution in [0.15, 0.2) is 60.7 Å². The molecule has 7 nitrogen and oxygen atoms in total. The normalized spacial score (nSPS) is 18.2.